The number of methoxy groups -OCH3 is 1. The van der Waals surface area contributed by atoms with E-state index in [1.807, 2.05) is 4.90 Å². The molecule has 6 nitrogen and oxygen atoms in total. The number of hydrogen-bond acceptors (Lipinski definition) is 4. The van der Waals surface area contributed by atoms with E-state index in [-0.39, 0.29) is 22.6 Å². The molecular weight excluding hydrogens is 340 g/mol. The quantitative estimate of drug-likeness (QED) is 0.776. The van der Waals surface area contributed by atoms with Crippen LogP contribution in [0.5, 0.6) is 5.75 Å². The Labute approximate surface area is 149 Å². The van der Waals surface area contributed by atoms with Gasteiger partial charge in [0.15, 0.2) is 0 Å². The second-order valence-electron chi connectivity index (χ2n) is 7.03. The number of hydrogen-bond donors (Lipinski definition) is 0. The molecule has 3 rings (SSSR count). The molecule has 0 atom stereocenters. The number of sulfonamides is 1. The van der Waals surface area contributed by atoms with Crippen molar-refractivity contribution in [3.8, 4) is 5.75 Å². The zero-order valence-electron chi connectivity index (χ0n) is 15.1. The zero-order valence-corrected chi connectivity index (χ0v) is 15.9. The van der Waals surface area contributed by atoms with E-state index in [2.05, 4.69) is 0 Å². The first-order valence-electron chi connectivity index (χ1n) is 8.79. The smallest absolute Gasteiger partial charge is 0.254 e. The van der Waals surface area contributed by atoms with Gasteiger partial charge in [-0.3, -0.25) is 4.79 Å². The molecule has 0 N–H and O–H groups in total. The highest BCUT2D eigenvalue weighted by Gasteiger charge is 2.39. The van der Waals surface area contributed by atoms with Gasteiger partial charge in [0.05, 0.1) is 7.11 Å². The van der Waals surface area contributed by atoms with Crippen molar-refractivity contribution in [3.05, 3.63) is 23.8 Å². The molecule has 0 bridgehead atoms. The van der Waals surface area contributed by atoms with Gasteiger partial charge in [-0.25, -0.2) is 12.7 Å². The van der Waals surface area contributed by atoms with E-state index in [9.17, 15) is 13.2 Å². The monoisotopic (exact) mass is 366 g/mol. The zero-order chi connectivity index (χ0) is 18.2. The summed E-state index contributed by atoms with van der Waals surface area (Å²) in [6.07, 6.45) is 6.49. The van der Waals surface area contributed by atoms with Crippen LogP contribution in [-0.2, 0) is 10.0 Å². The normalized spacial score (nSPS) is 18.6. The first-order chi connectivity index (χ1) is 11.9. The third-order valence-electron chi connectivity index (χ3n) is 5.06. The molecule has 2 aliphatic carbocycles. The van der Waals surface area contributed by atoms with Crippen molar-refractivity contribution in [3.63, 3.8) is 0 Å². The molecule has 25 heavy (non-hydrogen) atoms. The second-order valence-corrected chi connectivity index (χ2v) is 9.16. The largest absolute Gasteiger partial charge is 0.495 e. The Bertz CT molecular complexity index is 750. The van der Waals surface area contributed by atoms with Gasteiger partial charge in [-0.05, 0) is 43.9 Å². The Balaban J connectivity index is 1.97. The van der Waals surface area contributed by atoms with Gasteiger partial charge < -0.3 is 9.64 Å². The summed E-state index contributed by atoms with van der Waals surface area (Å²) < 4.78 is 31.5. The van der Waals surface area contributed by atoms with Gasteiger partial charge in [-0.2, -0.15) is 0 Å². The minimum absolute atomic E-state index is 0.0352. The maximum Gasteiger partial charge on any atom is 0.254 e. The van der Waals surface area contributed by atoms with Crippen molar-refractivity contribution >= 4 is 15.9 Å². The Kier molecular flexibility index (Phi) is 5.06. The molecule has 0 unspecified atom stereocenters. The molecule has 0 aromatic heterocycles. The van der Waals surface area contributed by atoms with E-state index in [1.165, 1.54) is 27.3 Å². The number of nitrogens with zero attached hydrogens (tertiary/aromatic N) is 2. The topological polar surface area (TPSA) is 66.9 Å². The average molecular weight is 366 g/mol. The predicted octanol–water partition coefficient (Wildman–Crippen LogP) is 2.49. The predicted molar refractivity (Wildman–Crippen MR) is 95.3 cm³/mol. The molecule has 0 heterocycles. The summed E-state index contributed by atoms with van der Waals surface area (Å²) in [5.41, 5.74) is 0.417. The fraction of sp³-hybridized carbons (Fsp3) is 0.611. The van der Waals surface area contributed by atoms with Crippen LogP contribution in [0.1, 0.15) is 48.9 Å². The number of carbonyl (C=O) groups is 1. The SMILES string of the molecule is COc1ccc(C(=O)N(C2CCCC2)C2CC2)cc1S(=O)(=O)N(C)C. The third kappa shape index (κ3) is 3.53. The molecule has 0 spiro atoms. The maximum absolute atomic E-state index is 13.1. The van der Waals surface area contributed by atoms with Gasteiger partial charge in [0.25, 0.3) is 5.91 Å². The van der Waals surface area contributed by atoms with E-state index in [4.69, 9.17) is 4.74 Å². The van der Waals surface area contributed by atoms with Crippen LogP contribution in [0.25, 0.3) is 0 Å². The highest BCUT2D eigenvalue weighted by Crippen LogP contribution is 2.36. The van der Waals surface area contributed by atoms with Gasteiger partial charge in [-0.15, -0.1) is 0 Å². The molecule has 0 aliphatic heterocycles. The van der Waals surface area contributed by atoms with E-state index in [0.29, 0.717) is 11.6 Å². The van der Waals surface area contributed by atoms with Crippen LogP contribution in [0.4, 0.5) is 0 Å². The molecule has 2 saturated carbocycles. The van der Waals surface area contributed by atoms with E-state index in [0.717, 1.165) is 42.8 Å². The Morgan fingerprint density at radius 3 is 2.20 bits per heavy atom. The fourth-order valence-electron chi connectivity index (χ4n) is 3.52. The van der Waals surface area contributed by atoms with Gasteiger partial charge in [0.2, 0.25) is 10.0 Å². The summed E-state index contributed by atoms with van der Waals surface area (Å²) in [6.45, 7) is 0. The Morgan fingerprint density at radius 1 is 1.08 bits per heavy atom. The molecule has 2 fully saturated rings. The van der Waals surface area contributed by atoms with Gasteiger partial charge in [0.1, 0.15) is 10.6 Å². The lowest BCUT2D eigenvalue weighted by Gasteiger charge is -2.29. The molecule has 0 saturated heterocycles. The van der Waals surface area contributed by atoms with Crippen LogP contribution in [0.15, 0.2) is 23.1 Å². The number of rotatable bonds is 6. The average Bonchev–Trinajstić information content (AvgIpc) is 3.27. The van der Waals surface area contributed by atoms with Crippen molar-refractivity contribution in [2.45, 2.75) is 55.5 Å². The van der Waals surface area contributed by atoms with E-state index in [1.54, 1.807) is 12.1 Å². The van der Waals surface area contributed by atoms with Crippen LogP contribution in [-0.4, -0.2) is 56.8 Å². The minimum Gasteiger partial charge on any atom is -0.495 e. The van der Waals surface area contributed by atoms with Gasteiger partial charge in [0, 0.05) is 31.7 Å². The summed E-state index contributed by atoms with van der Waals surface area (Å²) >= 11 is 0. The Hall–Kier alpha value is -1.60. The molecule has 2 aliphatic rings. The summed E-state index contributed by atoms with van der Waals surface area (Å²) in [4.78, 5) is 15.2. The highest BCUT2D eigenvalue weighted by atomic mass is 32.2. The minimum atomic E-state index is -3.69. The van der Waals surface area contributed by atoms with Crippen molar-refractivity contribution in [1.82, 2.24) is 9.21 Å². The first-order valence-corrected chi connectivity index (χ1v) is 10.2. The van der Waals surface area contributed by atoms with Gasteiger partial charge >= 0.3 is 0 Å². The molecular formula is C18H26N2O4S. The molecule has 7 heteroatoms. The lowest BCUT2D eigenvalue weighted by atomic mass is 10.1. The van der Waals surface area contributed by atoms with Crippen molar-refractivity contribution in [2.75, 3.05) is 21.2 Å². The lowest BCUT2D eigenvalue weighted by Crippen LogP contribution is -2.40. The molecule has 138 valence electrons. The number of benzene rings is 1. The van der Waals surface area contributed by atoms with Gasteiger partial charge in [-0.1, -0.05) is 12.8 Å². The van der Waals surface area contributed by atoms with Crippen molar-refractivity contribution < 1.29 is 17.9 Å². The van der Waals surface area contributed by atoms with E-state index < -0.39 is 10.0 Å². The summed E-state index contributed by atoms with van der Waals surface area (Å²) in [7, 11) is 0.685. The Morgan fingerprint density at radius 2 is 1.68 bits per heavy atom. The van der Waals surface area contributed by atoms with Crippen LogP contribution in [0, 0.1) is 0 Å². The maximum atomic E-state index is 13.1. The van der Waals surface area contributed by atoms with Crippen molar-refractivity contribution in [2.24, 2.45) is 0 Å². The highest BCUT2D eigenvalue weighted by molar-refractivity contribution is 7.89. The van der Waals surface area contributed by atoms with Crippen LogP contribution in [0.3, 0.4) is 0 Å². The number of ether oxygens (including phenoxy) is 1. The third-order valence-corrected chi connectivity index (χ3v) is 6.90. The number of carbonyl (C=O) groups excluding carboxylic acids is 1. The first kappa shape index (κ1) is 18.2. The molecule has 1 aromatic rings. The summed E-state index contributed by atoms with van der Waals surface area (Å²) in [6, 6.07) is 5.30. The second kappa shape index (κ2) is 6.96. The van der Waals surface area contributed by atoms with Crippen LogP contribution < -0.4 is 4.74 Å². The van der Waals surface area contributed by atoms with Crippen LogP contribution >= 0.6 is 0 Å². The fourth-order valence-corrected chi connectivity index (χ4v) is 4.60. The van der Waals surface area contributed by atoms with E-state index >= 15 is 0 Å². The standard InChI is InChI=1S/C18H26N2O4S/c1-19(2)25(22,23)17-12-13(8-11-16(17)24-3)18(21)20(15-9-10-15)14-6-4-5-7-14/h8,11-12,14-15H,4-7,9-10H2,1-3H3. The van der Waals surface area contributed by atoms with Crippen molar-refractivity contribution in [1.29, 1.82) is 0 Å². The summed E-state index contributed by atoms with van der Waals surface area (Å²) in [5, 5.41) is 0. The summed E-state index contributed by atoms with van der Waals surface area (Å²) in [5.74, 6) is 0.191. The lowest BCUT2D eigenvalue weighted by molar-refractivity contribution is 0.0664. The molecule has 1 amide bonds. The number of amides is 1. The van der Waals surface area contributed by atoms with Crippen LogP contribution in [0.2, 0.25) is 0 Å². The molecule has 1 aromatic carbocycles. The molecule has 0 radical (unpaired) electrons.